The van der Waals surface area contributed by atoms with Gasteiger partial charge in [0.15, 0.2) is 19.5 Å². The van der Waals surface area contributed by atoms with Gasteiger partial charge >= 0.3 is 18.1 Å². The van der Waals surface area contributed by atoms with Crippen molar-refractivity contribution in [2.45, 2.75) is 142 Å². The fourth-order valence-electron chi connectivity index (χ4n) is 5.37. The maximum absolute atomic E-state index is 12.7. The third-order valence-electron chi connectivity index (χ3n) is 8.28. The molecular weight excluding hydrogens is 602 g/mol. The van der Waals surface area contributed by atoms with Crippen LogP contribution in [0, 0.1) is 5.92 Å². The molecule has 0 radical (unpaired) electrons. The topological polar surface area (TPSA) is 114 Å². The summed E-state index contributed by atoms with van der Waals surface area (Å²) in [5.74, 6) is -1.50. The van der Waals surface area contributed by atoms with E-state index in [-0.39, 0.29) is 26.2 Å². The van der Waals surface area contributed by atoms with Crippen LogP contribution in [0.15, 0.2) is 12.7 Å². The van der Waals surface area contributed by atoms with Gasteiger partial charge in [-0.3, -0.25) is 4.79 Å². The molecule has 10 nitrogen and oxygen atoms in total. The van der Waals surface area contributed by atoms with Gasteiger partial charge in [-0.25, -0.2) is 4.79 Å². The van der Waals surface area contributed by atoms with Gasteiger partial charge in [-0.2, -0.15) is 0 Å². The van der Waals surface area contributed by atoms with Gasteiger partial charge in [-0.15, -0.1) is 0 Å². The molecule has 1 unspecified atom stereocenters. The summed E-state index contributed by atoms with van der Waals surface area (Å²) >= 11 is 0. The normalized spacial score (nSPS) is 14.4. The molecule has 10 heteroatoms. The van der Waals surface area contributed by atoms with Crippen molar-refractivity contribution in [1.82, 2.24) is 4.90 Å². The minimum Gasteiger partial charge on any atom is -0.465 e. The number of nitrogens with zero attached hydrogens (tertiary/aromatic N) is 1. The molecule has 0 aliphatic carbocycles. The van der Waals surface area contributed by atoms with E-state index in [4.69, 9.17) is 28.4 Å². The Kier molecular flexibility index (Phi) is 28.4. The van der Waals surface area contributed by atoms with E-state index in [1.54, 1.807) is 0 Å². The van der Waals surface area contributed by atoms with Gasteiger partial charge in [0.25, 0.3) is 0 Å². The SMILES string of the molecule is C=CC(=O)OCC(COC(=O)CCC(OCCCCCCCC)OCCCCCCCC)COC(=[OH+])OCCCN1CCCCCC1. The first-order chi connectivity index (χ1) is 23.0. The second kappa shape index (κ2) is 31.1. The summed E-state index contributed by atoms with van der Waals surface area (Å²) in [5.41, 5.74) is 0. The number of likely N-dealkylation sites (tertiary alicyclic amines) is 1. The van der Waals surface area contributed by atoms with Crippen LogP contribution in [-0.2, 0) is 38.0 Å². The molecule has 1 saturated heterocycles. The van der Waals surface area contributed by atoms with Gasteiger partial charge in [0.05, 0.1) is 12.3 Å². The highest BCUT2D eigenvalue weighted by Crippen LogP contribution is 2.13. The van der Waals surface area contributed by atoms with Gasteiger partial charge in [0, 0.05) is 38.7 Å². The molecule has 0 spiro atoms. The van der Waals surface area contributed by atoms with E-state index in [0.717, 1.165) is 57.8 Å². The molecule has 1 heterocycles. The summed E-state index contributed by atoms with van der Waals surface area (Å²) in [6, 6.07) is 0. The molecular formula is C37H68NO9+. The summed E-state index contributed by atoms with van der Waals surface area (Å²) in [7, 11) is 0. The van der Waals surface area contributed by atoms with E-state index in [2.05, 4.69) is 25.3 Å². The lowest BCUT2D eigenvalue weighted by molar-refractivity contribution is -0.161. The van der Waals surface area contributed by atoms with Crippen molar-refractivity contribution < 1.29 is 42.8 Å². The van der Waals surface area contributed by atoms with Gasteiger partial charge in [0.2, 0.25) is 0 Å². The van der Waals surface area contributed by atoms with E-state index in [9.17, 15) is 14.4 Å². The molecule has 1 fully saturated rings. The zero-order valence-corrected chi connectivity index (χ0v) is 29.9. The Morgan fingerprint density at radius 1 is 0.702 bits per heavy atom. The van der Waals surface area contributed by atoms with Crippen molar-refractivity contribution in [3.8, 4) is 0 Å². The van der Waals surface area contributed by atoms with Crippen LogP contribution >= 0.6 is 0 Å². The molecule has 1 aliphatic rings. The summed E-state index contributed by atoms with van der Waals surface area (Å²) in [6.45, 7) is 12.3. The fraction of sp³-hybridized carbons (Fsp3) is 0.865. The van der Waals surface area contributed by atoms with Crippen molar-refractivity contribution in [1.29, 1.82) is 0 Å². The number of ether oxygens (including phenoxy) is 6. The Morgan fingerprint density at radius 3 is 1.85 bits per heavy atom. The van der Waals surface area contributed by atoms with Crippen molar-refractivity contribution in [3.05, 3.63) is 12.7 Å². The van der Waals surface area contributed by atoms with E-state index in [1.807, 2.05) is 0 Å². The molecule has 47 heavy (non-hydrogen) atoms. The molecule has 1 aliphatic heterocycles. The Balaban J connectivity index is 2.44. The summed E-state index contributed by atoms with van der Waals surface area (Å²) < 4.78 is 33.4. The minimum absolute atomic E-state index is 0.0482. The van der Waals surface area contributed by atoms with Crippen LogP contribution in [0.3, 0.4) is 0 Å². The van der Waals surface area contributed by atoms with Crippen LogP contribution in [0.4, 0.5) is 0 Å². The highest BCUT2D eigenvalue weighted by Gasteiger charge is 2.23. The maximum atomic E-state index is 12.7. The van der Waals surface area contributed by atoms with Crippen LogP contribution in [0.2, 0.25) is 0 Å². The summed E-state index contributed by atoms with van der Waals surface area (Å²) in [4.78, 5) is 36.9. The minimum atomic E-state index is -0.591. The van der Waals surface area contributed by atoms with Gasteiger partial charge in [-0.1, -0.05) is 97.5 Å². The largest absolute Gasteiger partial charge is 0.712 e. The number of carbonyl (C=O) groups excluding carboxylic acids is 3. The van der Waals surface area contributed by atoms with Crippen molar-refractivity contribution in [2.24, 2.45) is 5.92 Å². The second-order valence-corrected chi connectivity index (χ2v) is 12.7. The van der Waals surface area contributed by atoms with E-state index in [0.29, 0.717) is 26.2 Å². The fourth-order valence-corrected chi connectivity index (χ4v) is 5.37. The summed E-state index contributed by atoms with van der Waals surface area (Å²) in [6.07, 6.45) is 20.5. The Morgan fingerprint density at radius 2 is 1.26 bits per heavy atom. The number of esters is 2. The number of rotatable bonds is 30. The van der Waals surface area contributed by atoms with Gasteiger partial charge in [-0.05, 0) is 38.8 Å². The lowest BCUT2D eigenvalue weighted by Gasteiger charge is -2.19. The van der Waals surface area contributed by atoms with Gasteiger partial charge < -0.3 is 38.1 Å². The first-order valence-corrected chi connectivity index (χ1v) is 18.7. The van der Waals surface area contributed by atoms with Crippen LogP contribution < -0.4 is 0 Å². The zero-order valence-electron chi connectivity index (χ0n) is 29.9. The molecule has 0 saturated carbocycles. The number of carbonyl (C=O) groups is 2. The highest BCUT2D eigenvalue weighted by molar-refractivity contribution is 5.81. The van der Waals surface area contributed by atoms with Crippen molar-refractivity contribution in [2.75, 3.05) is 59.3 Å². The van der Waals surface area contributed by atoms with Crippen LogP contribution in [0.1, 0.15) is 136 Å². The zero-order chi connectivity index (χ0) is 34.2. The van der Waals surface area contributed by atoms with E-state index in [1.165, 1.54) is 77.0 Å². The second-order valence-electron chi connectivity index (χ2n) is 12.7. The Labute approximate surface area is 285 Å². The number of hydrogen-bond donors (Lipinski definition) is 0. The van der Waals surface area contributed by atoms with Crippen molar-refractivity contribution in [3.63, 3.8) is 0 Å². The average molecular weight is 671 g/mol. The lowest BCUT2D eigenvalue weighted by atomic mass is 10.1. The van der Waals surface area contributed by atoms with Gasteiger partial charge in [0.1, 0.15) is 13.2 Å². The molecule has 0 amide bonds. The molecule has 1 atom stereocenters. The maximum Gasteiger partial charge on any atom is 0.712 e. The quantitative estimate of drug-likeness (QED) is 0.0191. The predicted molar refractivity (Wildman–Crippen MR) is 186 cm³/mol. The molecule has 274 valence electrons. The monoisotopic (exact) mass is 670 g/mol. The molecule has 0 aromatic carbocycles. The van der Waals surface area contributed by atoms with Crippen LogP contribution in [-0.4, -0.2) is 93.4 Å². The molecule has 1 N–H and O–H groups in total. The van der Waals surface area contributed by atoms with Crippen molar-refractivity contribution >= 4 is 18.1 Å². The first kappa shape index (κ1) is 42.9. The molecule has 0 bridgehead atoms. The third-order valence-corrected chi connectivity index (χ3v) is 8.28. The number of unbranched alkanes of at least 4 members (excludes halogenated alkanes) is 10. The Hall–Kier alpha value is -2.17. The van der Waals surface area contributed by atoms with E-state index >= 15 is 0 Å². The highest BCUT2D eigenvalue weighted by atomic mass is 16.7. The third kappa shape index (κ3) is 26.5. The Bertz CT molecular complexity index is 768. The number of hydrogen-bond acceptors (Lipinski definition) is 9. The molecule has 0 aromatic heterocycles. The van der Waals surface area contributed by atoms with Crippen LogP contribution in [0.25, 0.3) is 0 Å². The predicted octanol–water partition coefficient (Wildman–Crippen LogP) is 7.49. The molecule has 0 aromatic rings. The lowest BCUT2D eigenvalue weighted by Crippen LogP contribution is -2.28. The van der Waals surface area contributed by atoms with Crippen LogP contribution in [0.5, 0.6) is 0 Å². The summed E-state index contributed by atoms with van der Waals surface area (Å²) in [5, 5.41) is 0. The average Bonchev–Trinajstić information content (AvgIpc) is 3.36. The first-order valence-electron chi connectivity index (χ1n) is 18.7. The smallest absolute Gasteiger partial charge is 0.465 e. The molecule has 1 rings (SSSR count). The van der Waals surface area contributed by atoms with E-state index < -0.39 is 30.3 Å². The standard InChI is InChI=1S/C37H67NO9/c1-4-7-9-11-15-19-27-42-36(43-28-20-16-12-10-8-5-2)23-22-35(40)46-31-33(30-45-34(39)6-3)32-47-37(41)44-29-21-26-38-24-17-13-14-18-25-38/h6,33,36H,3-5,7-32H2,1-2H3/p+1.